The third-order valence-electron chi connectivity index (χ3n) is 10.9. The molecule has 7 nitrogen and oxygen atoms in total. The second-order valence-electron chi connectivity index (χ2n) is 12.1. The number of nitrogens with two attached hydrogens (primary N) is 1. The molecule has 7 heteroatoms. The first-order chi connectivity index (χ1) is 15.1. The molecule has 1 amide bonds. The number of H-pyrrole nitrogens is 1. The van der Waals surface area contributed by atoms with Crippen LogP contribution in [-0.4, -0.2) is 30.6 Å². The lowest BCUT2D eigenvalue weighted by Crippen LogP contribution is -2.50. The highest BCUT2D eigenvalue weighted by Gasteiger charge is 2.75. The second-order valence-corrected chi connectivity index (χ2v) is 12.1. The first-order valence-electron chi connectivity index (χ1n) is 11.7. The largest absolute Gasteiger partial charge is 0.370 e. The second kappa shape index (κ2) is 6.90. The fourth-order valence-corrected chi connectivity index (χ4v) is 6.96. The number of aromatic amines is 1. The van der Waals surface area contributed by atoms with Gasteiger partial charge in [0, 0.05) is 35.2 Å². The Hall–Kier alpha value is -2.70. The fraction of sp³-hybridized carbons (Fsp3) is 0.615. The minimum Gasteiger partial charge on any atom is -0.370 e. The average molecular weight is 451 g/mol. The van der Waals surface area contributed by atoms with Gasteiger partial charge < -0.3 is 10.7 Å². The van der Waals surface area contributed by atoms with Crippen LogP contribution in [0, 0.1) is 27.1 Å². The first-order valence-corrected chi connectivity index (χ1v) is 11.7. The molecule has 1 saturated carbocycles. The van der Waals surface area contributed by atoms with Gasteiger partial charge in [0.05, 0.1) is 17.9 Å². The lowest BCUT2D eigenvalue weighted by molar-refractivity contribution is -0.123. The number of rotatable bonds is 5. The Kier molecular flexibility index (Phi) is 4.91. The molecule has 0 saturated heterocycles. The van der Waals surface area contributed by atoms with Crippen molar-refractivity contribution in [3.63, 3.8) is 0 Å². The topological polar surface area (TPSA) is 102 Å². The summed E-state index contributed by atoms with van der Waals surface area (Å²) in [5.41, 5.74) is 7.80. The summed E-state index contributed by atoms with van der Waals surface area (Å²) in [4.78, 5) is 24.4. The highest BCUT2D eigenvalue weighted by molar-refractivity contribution is 5.90. The molecule has 3 aromatic rings. The van der Waals surface area contributed by atoms with Crippen molar-refractivity contribution in [2.24, 2.45) is 32.8 Å². The molecule has 178 valence electrons. The Morgan fingerprint density at radius 3 is 2.18 bits per heavy atom. The van der Waals surface area contributed by atoms with E-state index in [1.54, 1.807) is 6.33 Å². The fourth-order valence-electron chi connectivity index (χ4n) is 6.96. The zero-order valence-corrected chi connectivity index (χ0v) is 21.4. The summed E-state index contributed by atoms with van der Waals surface area (Å²) < 4.78 is 1.96. The minimum atomic E-state index is -0.317. The van der Waals surface area contributed by atoms with Crippen LogP contribution < -0.4 is 5.73 Å². The number of carbonyl (C=O) groups is 1. The molecule has 0 spiro atoms. The van der Waals surface area contributed by atoms with Gasteiger partial charge in [-0.05, 0) is 27.7 Å². The van der Waals surface area contributed by atoms with E-state index in [1.807, 2.05) is 29.3 Å². The predicted molar refractivity (Wildman–Crippen MR) is 131 cm³/mol. The minimum absolute atomic E-state index is 0.00588. The molecule has 0 radical (unpaired) electrons. The molecule has 0 bridgehead atoms. The van der Waals surface area contributed by atoms with E-state index in [0.717, 1.165) is 22.3 Å². The number of nitrogens with zero attached hydrogens (tertiary/aromatic N) is 4. The van der Waals surface area contributed by atoms with Gasteiger partial charge in [0.15, 0.2) is 0 Å². The maximum atomic E-state index is 12.4. The molecule has 33 heavy (non-hydrogen) atoms. The third-order valence-corrected chi connectivity index (χ3v) is 10.9. The Balaban J connectivity index is 1.90. The zero-order chi connectivity index (χ0) is 24.6. The van der Waals surface area contributed by atoms with E-state index in [4.69, 9.17) is 10.8 Å². The van der Waals surface area contributed by atoms with Crippen molar-refractivity contribution in [2.75, 3.05) is 0 Å². The van der Waals surface area contributed by atoms with Gasteiger partial charge in [-0.25, -0.2) is 9.97 Å². The van der Waals surface area contributed by atoms with Gasteiger partial charge in [-0.1, -0.05) is 62.3 Å². The molecule has 1 aliphatic rings. The molecule has 3 aromatic heterocycles. The number of aromatic nitrogens is 5. The monoisotopic (exact) mass is 450 g/mol. The van der Waals surface area contributed by atoms with E-state index in [0.29, 0.717) is 0 Å². The molecule has 1 fully saturated rings. The lowest BCUT2D eigenvalue weighted by Gasteiger charge is -2.54. The molecule has 1 atom stereocenters. The highest BCUT2D eigenvalue weighted by Crippen LogP contribution is 2.80. The van der Waals surface area contributed by atoms with Gasteiger partial charge in [-0.15, -0.1) is 0 Å². The summed E-state index contributed by atoms with van der Waals surface area (Å²) in [5, 5.41) is 5.73. The predicted octanol–water partition coefficient (Wildman–Crippen LogP) is 5.36. The summed E-state index contributed by atoms with van der Waals surface area (Å²) in [6, 6.07) is 1.76. The Morgan fingerprint density at radius 1 is 1.00 bits per heavy atom. The first kappa shape index (κ1) is 23.5. The summed E-state index contributed by atoms with van der Waals surface area (Å²) in [5.74, 6) is -0.317. The summed E-state index contributed by atoms with van der Waals surface area (Å²) in [6.07, 6.45) is 7.48. The van der Waals surface area contributed by atoms with Crippen molar-refractivity contribution in [1.29, 1.82) is 0 Å². The zero-order valence-electron chi connectivity index (χ0n) is 21.4. The van der Waals surface area contributed by atoms with Crippen molar-refractivity contribution < 1.29 is 4.79 Å². The summed E-state index contributed by atoms with van der Waals surface area (Å²) in [7, 11) is 0. The average Bonchev–Trinajstić information content (AvgIpc) is 3.40. The molecule has 0 aromatic carbocycles. The van der Waals surface area contributed by atoms with Crippen LogP contribution >= 0.6 is 0 Å². The Bertz CT molecular complexity index is 1190. The molecule has 3 N–H and O–H groups in total. The van der Waals surface area contributed by atoms with Crippen LogP contribution in [-0.2, 0) is 4.79 Å². The number of amides is 1. The van der Waals surface area contributed by atoms with Gasteiger partial charge in [0.25, 0.3) is 0 Å². The van der Waals surface area contributed by atoms with E-state index < -0.39 is 0 Å². The van der Waals surface area contributed by atoms with Gasteiger partial charge in [0.1, 0.15) is 12.0 Å². The normalized spacial score (nSPS) is 22.9. The molecule has 3 heterocycles. The quantitative estimate of drug-likeness (QED) is 0.546. The number of fused-ring (bicyclic) bond motifs is 1. The van der Waals surface area contributed by atoms with Gasteiger partial charge in [-0.3, -0.25) is 9.48 Å². The molecule has 1 aliphatic carbocycles. The van der Waals surface area contributed by atoms with Gasteiger partial charge in [-0.2, -0.15) is 5.10 Å². The van der Waals surface area contributed by atoms with Crippen LogP contribution in [0.5, 0.6) is 0 Å². The van der Waals surface area contributed by atoms with Crippen LogP contribution in [0.2, 0.25) is 0 Å². The molecule has 0 aliphatic heterocycles. The van der Waals surface area contributed by atoms with Crippen LogP contribution in [0.15, 0.2) is 31.0 Å². The van der Waals surface area contributed by atoms with Crippen molar-refractivity contribution in [2.45, 2.75) is 74.8 Å². The number of hydrogen-bond donors (Lipinski definition) is 2. The maximum Gasteiger partial charge on any atom is 0.219 e. The Labute approximate surface area is 196 Å². The van der Waals surface area contributed by atoms with E-state index in [2.05, 4.69) is 77.3 Å². The summed E-state index contributed by atoms with van der Waals surface area (Å²) in [6.45, 7) is 21.1. The third kappa shape index (κ3) is 2.74. The summed E-state index contributed by atoms with van der Waals surface area (Å²) >= 11 is 0. The number of nitrogens with one attached hydrogen (secondary N) is 1. The molecule has 0 unspecified atom stereocenters. The van der Waals surface area contributed by atoms with Crippen molar-refractivity contribution >= 4 is 16.9 Å². The van der Waals surface area contributed by atoms with Gasteiger partial charge >= 0.3 is 0 Å². The number of primary amides is 1. The number of carbonyl (C=O) groups excluding carboxylic acids is 1. The maximum absolute atomic E-state index is 12.4. The van der Waals surface area contributed by atoms with Crippen molar-refractivity contribution in [1.82, 2.24) is 24.7 Å². The number of hydrogen-bond acceptors (Lipinski definition) is 4. The molecular formula is C26H38N6O. The SMILES string of the molecule is CC1(C)C(C)(C)C(C)(C)C(C)([C@@H](CC(N)=O)n2cc(-c3ncnc4[nH]ccc34)cn2)C1(C)C. The molecular weight excluding hydrogens is 412 g/mol. The van der Waals surface area contributed by atoms with Gasteiger partial charge in [0.2, 0.25) is 5.91 Å². The highest BCUT2D eigenvalue weighted by atomic mass is 16.1. The van der Waals surface area contributed by atoms with E-state index in [-0.39, 0.29) is 45.4 Å². The van der Waals surface area contributed by atoms with Crippen molar-refractivity contribution in [3.05, 3.63) is 31.0 Å². The van der Waals surface area contributed by atoms with E-state index in [9.17, 15) is 4.79 Å². The van der Waals surface area contributed by atoms with E-state index in [1.165, 1.54) is 0 Å². The van der Waals surface area contributed by atoms with Crippen LogP contribution in [0.3, 0.4) is 0 Å². The van der Waals surface area contributed by atoms with Crippen LogP contribution in [0.25, 0.3) is 22.3 Å². The standard InChI is InChI=1S/C26H38N6O/c1-22(2)23(3,4)25(7,8)26(9,24(22,5)6)18(12-19(27)33)32-14-16(13-31-32)20-17-10-11-28-21(17)30-15-29-20/h10-11,13-15,18H,12H2,1-9H3,(H2,27,33)(H,28,29,30)/t18-/m1/s1. The smallest absolute Gasteiger partial charge is 0.219 e. The van der Waals surface area contributed by atoms with Crippen molar-refractivity contribution in [3.8, 4) is 11.3 Å². The van der Waals surface area contributed by atoms with E-state index >= 15 is 0 Å². The molecule has 4 rings (SSSR count). The van der Waals surface area contributed by atoms with Crippen LogP contribution in [0.4, 0.5) is 0 Å². The lowest BCUT2D eigenvalue weighted by atomic mass is 9.52. The Morgan fingerprint density at radius 2 is 1.61 bits per heavy atom. The van der Waals surface area contributed by atoms with Crippen LogP contribution in [0.1, 0.15) is 74.8 Å².